The van der Waals surface area contributed by atoms with Crippen molar-refractivity contribution in [3.05, 3.63) is 192 Å². The molecule has 7 rings (SSSR count). The summed E-state index contributed by atoms with van der Waals surface area (Å²) in [6.07, 6.45) is 8.10. The van der Waals surface area contributed by atoms with E-state index in [2.05, 4.69) is 36.6 Å². The lowest BCUT2D eigenvalue weighted by atomic mass is 10.0. The van der Waals surface area contributed by atoms with Crippen LogP contribution in [0.3, 0.4) is 0 Å². The van der Waals surface area contributed by atoms with Crippen molar-refractivity contribution in [3.8, 4) is 63.2 Å². The molecule has 20 nitrogen and oxygen atoms in total. The van der Waals surface area contributed by atoms with E-state index in [0.29, 0.717) is 71.1 Å². The van der Waals surface area contributed by atoms with Crippen molar-refractivity contribution in [2.24, 2.45) is 5.16 Å². The number of esters is 1. The molecule has 0 atom stereocenters. The van der Waals surface area contributed by atoms with Gasteiger partial charge >= 0.3 is 5.97 Å². The first-order valence-corrected chi connectivity index (χ1v) is 25.3. The van der Waals surface area contributed by atoms with Crippen molar-refractivity contribution in [2.75, 3.05) is 20.8 Å². The Bertz CT molecular complexity index is 3520. The summed E-state index contributed by atoms with van der Waals surface area (Å²) in [7, 11) is 3.07. The molecule has 6 aromatic carbocycles. The van der Waals surface area contributed by atoms with Gasteiger partial charge in [-0.15, -0.1) is 19.7 Å². The van der Waals surface area contributed by atoms with Crippen LogP contribution in [0.2, 0.25) is 0 Å². The van der Waals surface area contributed by atoms with E-state index in [1.54, 1.807) is 67.8 Å². The monoisotopic (exact) mass is 1150 g/mol. The standard InChI is InChI=1S/C13H13NO3.C12H14O3.C11H13NO3.C11H12O3.C9H10O3.C8H8O3/c1-4-5-10-6-11(16-9(3)15)7-12-8(2)14-17-13(10)12;1-4-7-15-12-6-5-10(14-3)8-11(12)9(2)13;1-3-4-8-5-9(13)6-10(11(8)14)7(2)12-15;1-3-4-8-5-9(13)6-10(7(2)12)11(8)14;1-6(10)8-5-7(12-2)3-4-9(8)11;1-5(9)7-4-6(10)2-3-8(7)11/h4,6-7H,1,5H2,2-3H3;4-6,8H,1,7H2,2-3H3;3,5-6,13-15H,1,4H2,2H3;3,5-6,13-14H,1,4H2,2H3;3-5,11H,1-2H3;2-4,10-11H,1H3/b;;12-7+;;;. The minimum atomic E-state index is -0.344. The van der Waals surface area contributed by atoms with Crippen molar-refractivity contribution in [2.45, 2.75) is 67.7 Å². The number of Topliss-reactive ketones (excluding diaryl/α,β-unsaturated/α-hetero) is 4. The lowest BCUT2D eigenvalue weighted by Gasteiger charge is -2.09. The predicted octanol–water partition coefficient (Wildman–Crippen LogP) is 12.2. The van der Waals surface area contributed by atoms with Crippen molar-refractivity contribution >= 4 is 45.8 Å². The molecule has 0 amide bonds. The van der Waals surface area contributed by atoms with Gasteiger partial charge in [0.05, 0.1) is 47.9 Å². The van der Waals surface area contributed by atoms with Crippen LogP contribution >= 0.6 is 0 Å². The number of ketones is 4. The maximum Gasteiger partial charge on any atom is 0.308 e. The van der Waals surface area contributed by atoms with Crippen LogP contribution in [0.1, 0.15) is 111 Å². The van der Waals surface area contributed by atoms with Crippen molar-refractivity contribution in [1.29, 1.82) is 0 Å². The highest BCUT2D eigenvalue weighted by molar-refractivity contribution is 6.02. The first-order chi connectivity index (χ1) is 39.7. The maximum atomic E-state index is 11.3. The van der Waals surface area contributed by atoms with E-state index < -0.39 is 0 Å². The summed E-state index contributed by atoms with van der Waals surface area (Å²) in [5, 5.41) is 81.7. The minimum Gasteiger partial charge on any atom is -0.508 e. The van der Waals surface area contributed by atoms with Gasteiger partial charge in [0.15, 0.2) is 28.7 Å². The Balaban J connectivity index is 0.000000346. The summed E-state index contributed by atoms with van der Waals surface area (Å²) in [5.41, 5.74) is 5.11. The predicted molar refractivity (Wildman–Crippen MR) is 318 cm³/mol. The number of carbonyl (C=O) groups excluding carboxylic acids is 5. The summed E-state index contributed by atoms with van der Waals surface area (Å²) < 4.78 is 25.6. The Hall–Kier alpha value is -10.6. The zero-order valence-electron chi connectivity index (χ0n) is 48.2. The fourth-order valence-corrected chi connectivity index (χ4v) is 7.22. The number of benzene rings is 6. The molecule has 0 bridgehead atoms. The largest absolute Gasteiger partial charge is 0.508 e. The lowest BCUT2D eigenvalue weighted by molar-refractivity contribution is -0.131. The van der Waals surface area contributed by atoms with Crippen LogP contribution in [0, 0.1) is 6.92 Å². The molecule has 1 heterocycles. The van der Waals surface area contributed by atoms with Crippen molar-refractivity contribution in [1.82, 2.24) is 5.16 Å². The molecule has 0 radical (unpaired) electrons. The summed E-state index contributed by atoms with van der Waals surface area (Å²) >= 11 is 0. The van der Waals surface area contributed by atoms with Crippen molar-refractivity contribution < 1.29 is 88.4 Å². The number of phenolic OH excluding ortho intramolecular Hbond substituents is 7. The lowest BCUT2D eigenvalue weighted by Crippen LogP contribution is -2.01. The van der Waals surface area contributed by atoms with E-state index in [1.165, 1.54) is 103 Å². The third-order valence-electron chi connectivity index (χ3n) is 11.3. The highest BCUT2D eigenvalue weighted by Crippen LogP contribution is 2.32. The molecule has 0 saturated heterocycles. The topological polar surface area (TPSA) is 322 Å². The minimum absolute atomic E-state index is 0.00278. The van der Waals surface area contributed by atoms with Gasteiger partial charge in [-0.2, -0.15) is 0 Å². The van der Waals surface area contributed by atoms with E-state index in [9.17, 15) is 49.5 Å². The Kier molecular flexibility index (Phi) is 28.5. The van der Waals surface area contributed by atoms with Crippen LogP contribution in [0.4, 0.5) is 0 Å². The molecular formula is C64H70N2O18. The van der Waals surface area contributed by atoms with E-state index >= 15 is 0 Å². The fourth-order valence-electron chi connectivity index (χ4n) is 7.22. The van der Waals surface area contributed by atoms with Crippen LogP contribution in [0.15, 0.2) is 151 Å². The number of hydrogen-bond donors (Lipinski definition) is 8. The van der Waals surface area contributed by atoms with Gasteiger partial charge in [0, 0.05) is 34.6 Å². The summed E-state index contributed by atoms with van der Waals surface area (Å²) in [5.74, 6) is 0.960. The second-order valence-electron chi connectivity index (χ2n) is 17.8. The van der Waals surface area contributed by atoms with Gasteiger partial charge in [0.25, 0.3) is 0 Å². The average Bonchev–Trinajstić information content (AvgIpc) is 4.10. The number of allylic oxidation sites excluding steroid dienone is 3. The number of rotatable bonds is 17. The molecule has 0 aliphatic carbocycles. The normalized spacial score (nSPS) is 10.1. The van der Waals surface area contributed by atoms with Crippen LogP contribution in [-0.4, -0.2) is 102 Å². The number of fused-ring (bicyclic) bond motifs is 1. The number of aromatic hydroxyl groups is 7. The number of carbonyl (C=O) groups is 5. The Morgan fingerprint density at radius 3 is 1.44 bits per heavy atom. The van der Waals surface area contributed by atoms with Gasteiger partial charge in [-0.3, -0.25) is 24.0 Å². The van der Waals surface area contributed by atoms with Gasteiger partial charge in [-0.1, -0.05) is 41.2 Å². The van der Waals surface area contributed by atoms with Gasteiger partial charge in [-0.25, -0.2) is 0 Å². The van der Waals surface area contributed by atoms with Gasteiger partial charge in [0.2, 0.25) is 0 Å². The quantitative estimate of drug-likeness (QED) is 0.00614. The number of ether oxygens (including phenoxy) is 4. The molecule has 0 aliphatic heterocycles. The number of methoxy groups -OCH3 is 2. The van der Waals surface area contributed by atoms with Crippen LogP contribution < -0.4 is 18.9 Å². The molecule has 0 aliphatic rings. The number of phenols is 7. The molecule has 84 heavy (non-hydrogen) atoms. The van der Waals surface area contributed by atoms with E-state index in [-0.39, 0.29) is 91.8 Å². The highest BCUT2D eigenvalue weighted by Gasteiger charge is 2.16. The van der Waals surface area contributed by atoms with Gasteiger partial charge in [0.1, 0.15) is 69.9 Å². The number of hydrogen-bond acceptors (Lipinski definition) is 20. The number of aryl methyl sites for hydroxylation is 1. The average molecular weight is 1160 g/mol. The SMILES string of the molecule is C=CCOc1ccc(OC)cc1C(C)=O.C=CCc1cc(O)cc(/C(C)=N/O)c1O.C=CCc1cc(O)cc(C(C)=O)c1O.C=CCc1cc(OC(C)=O)cc2c(C)noc12.CC(=O)c1cc(O)ccc1O.COc1ccc(O)c(C(C)=O)c1. The molecule has 20 heteroatoms. The molecule has 0 spiro atoms. The molecule has 8 N–H and O–H groups in total. The Labute approximate surface area is 486 Å². The molecule has 7 aromatic rings. The highest BCUT2D eigenvalue weighted by atomic mass is 16.5. The van der Waals surface area contributed by atoms with Crippen LogP contribution in [0.25, 0.3) is 11.0 Å². The molecular weight excluding hydrogens is 1080 g/mol. The number of aromatic nitrogens is 1. The molecule has 0 saturated carbocycles. The molecule has 444 valence electrons. The summed E-state index contributed by atoms with van der Waals surface area (Å²) in [6.45, 7) is 25.0. The molecule has 0 unspecified atom stereocenters. The first kappa shape index (κ1) is 69.5. The zero-order valence-corrected chi connectivity index (χ0v) is 48.2. The summed E-state index contributed by atoms with van der Waals surface area (Å²) in [4.78, 5) is 55.0. The van der Waals surface area contributed by atoms with Crippen LogP contribution in [-0.2, 0) is 24.1 Å². The van der Waals surface area contributed by atoms with Crippen molar-refractivity contribution in [3.63, 3.8) is 0 Å². The zero-order chi connectivity index (χ0) is 63.4. The molecule has 0 fully saturated rings. The van der Waals surface area contributed by atoms with E-state index in [0.717, 1.165) is 22.2 Å². The second-order valence-corrected chi connectivity index (χ2v) is 17.8. The Morgan fingerprint density at radius 2 is 0.976 bits per heavy atom. The summed E-state index contributed by atoms with van der Waals surface area (Å²) in [6, 6.07) is 22.5. The third-order valence-corrected chi connectivity index (χ3v) is 11.3. The van der Waals surface area contributed by atoms with Gasteiger partial charge < -0.3 is 64.4 Å². The van der Waals surface area contributed by atoms with E-state index in [4.69, 9.17) is 38.9 Å². The smallest absolute Gasteiger partial charge is 0.308 e. The Morgan fingerprint density at radius 1 is 0.524 bits per heavy atom. The maximum absolute atomic E-state index is 11.3. The number of nitrogens with zero attached hydrogens (tertiary/aromatic N) is 2. The van der Waals surface area contributed by atoms with E-state index in [1.807, 2.05) is 6.92 Å². The molecule has 1 aromatic heterocycles. The second kappa shape index (κ2) is 34.5. The fraction of sp³-hybridized carbons (Fsp3) is 0.203. The van der Waals surface area contributed by atoms with Crippen LogP contribution in [0.5, 0.6) is 63.2 Å². The third kappa shape index (κ3) is 21.4. The number of oxime groups is 1. The van der Waals surface area contributed by atoms with Gasteiger partial charge in [-0.05, 0) is 152 Å². The first-order valence-electron chi connectivity index (χ1n) is 25.3.